The van der Waals surface area contributed by atoms with Crippen LogP contribution in [-0.2, 0) is 0 Å². The summed E-state index contributed by atoms with van der Waals surface area (Å²) in [6.45, 7) is 4.00. The van der Waals surface area contributed by atoms with Gasteiger partial charge in [0.05, 0.1) is 4.92 Å². The Hall–Kier alpha value is -1.62. The lowest BCUT2D eigenvalue weighted by atomic mass is 10.3. The monoisotopic (exact) mass is 231 g/mol. The van der Waals surface area contributed by atoms with Crippen molar-refractivity contribution in [2.75, 3.05) is 0 Å². The number of hydrogen-bond acceptors (Lipinski definition) is 4. The molecule has 0 aromatic heterocycles. The molecule has 0 aliphatic rings. The first-order chi connectivity index (χ1) is 7.09. The molecule has 0 heterocycles. The summed E-state index contributed by atoms with van der Waals surface area (Å²) in [4.78, 5) is 19.9. The van der Waals surface area contributed by atoms with Gasteiger partial charge < -0.3 is 4.74 Å². The Morgan fingerprint density at radius 2 is 1.80 bits per heavy atom. The van der Waals surface area contributed by atoms with Gasteiger partial charge in [0.1, 0.15) is 5.75 Å². The normalized spacial score (nSPS) is 8.47. The van der Waals surface area contributed by atoms with Crippen molar-refractivity contribution in [1.82, 2.24) is 0 Å². The van der Waals surface area contributed by atoms with Gasteiger partial charge in [0.15, 0.2) is 0 Å². The van der Waals surface area contributed by atoms with Crippen LogP contribution in [0.3, 0.4) is 0 Å². The molecule has 0 unspecified atom stereocenters. The van der Waals surface area contributed by atoms with Crippen LogP contribution in [-0.4, -0.2) is 10.4 Å². The van der Waals surface area contributed by atoms with Gasteiger partial charge in [-0.1, -0.05) is 13.8 Å². The van der Waals surface area contributed by atoms with E-state index in [0.717, 1.165) is 0 Å². The Kier molecular flexibility index (Phi) is 6.05. The van der Waals surface area contributed by atoms with Gasteiger partial charge in [-0.2, -0.15) is 0 Å². The van der Waals surface area contributed by atoms with Gasteiger partial charge in [0.25, 0.3) is 5.69 Å². The third-order valence-corrected chi connectivity index (χ3v) is 1.32. The second-order valence-corrected chi connectivity index (χ2v) is 2.40. The van der Waals surface area contributed by atoms with Gasteiger partial charge in [-0.25, -0.2) is 4.79 Å². The van der Waals surface area contributed by atoms with Gasteiger partial charge in [-0.15, -0.1) is 0 Å². The smallest absolute Gasteiger partial charge is 0.409 e. The summed E-state index contributed by atoms with van der Waals surface area (Å²) < 4.78 is 4.45. The predicted molar refractivity (Wildman–Crippen MR) is 56.3 cm³/mol. The lowest BCUT2D eigenvalue weighted by Crippen LogP contribution is -1.96. The molecule has 0 radical (unpaired) electrons. The van der Waals surface area contributed by atoms with Crippen molar-refractivity contribution in [1.29, 1.82) is 0 Å². The molecule has 0 fully saturated rings. The zero-order chi connectivity index (χ0) is 11.8. The summed E-state index contributed by atoms with van der Waals surface area (Å²) in [5.41, 5.74) is -1.05. The fourth-order valence-corrected chi connectivity index (χ4v) is 0.818. The molecule has 0 bridgehead atoms. The van der Waals surface area contributed by atoms with Crippen molar-refractivity contribution in [2.45, 2.75) is 13.8 Å². The van der Waals surface area contributed by atoms with Crippen LogP contribution in [0.2, 0.25) is 0 Å². The average Bonchev–Trinajstić information content (AvgIpc) is 2.20. The number of carbonyl (C=O) groups is 1. The molecule has 15 heavy (non-hydrogen) atoms. The molecule has 0 saturated heterocycles. The van der Waals surface area contributed by atoms with E-state index >= 15 is 0 Å². The van der Waals surface area contributed by atoms with Crippen molar-refractivity contribution in [2.24, 2.45) is 0 Å². The molecule has 1 rings (SSSR count). The van der Waals surface area contributed by atoms with E-state index in [1.165, 1.54) is 24.3 Å². The van der Waals surface area contributed by atoms with Crippen LogP contribution in [0, 0.1) is 10.1 Å². The maximum Gasteiger partial charge on any atom is 0.409 e. The molecule has 1 aromatic carbocycles. The molecular formula is C9H10ClNO4. The number of rotatable bonds is 2. The molecule has 0 aliphatic carbocycles. The molecule has 0 spiro atoms. The van der Waals surface area contributed by atoms with Gasteiger partial charge >= 0.3 is 5.43 Å². The van der Waals surface area contributed by atoms with Gasteiger partial charge in [0.2, 0.25) is 0 Å². The van der Waals surface area contributed by atoms with E-state index in [-0.39, 0.29) is 11.4 Å². The zero-order valence-electron chi connectivity index (χ0n) is 8.27. The molecule has 1 aromatic rings. The quantitative estimate of drug-likeness (QED) is 0.445. The van der Waals surface area contributed by atoms with E-state index in [9.17, 15) is 14.9 Å². The Balaban J connectivity index is 0.000000921. The number of carbonyl (C=O) groups excluding carboxylic acids is 1. The molecule has 6 heteroatoms. The molecule has 0 atom stereocenters. The maximum atomic E-state index is 10.2. The van der Waals surface area contributed by atoms with Crippen LogP contribution in [0.25, 0.3) is 0 Å². The number of benzene rings is 1. The highest BCUT2D eigenvalue weighted by molar-refractivity contribution is 6.61. The van der Waals surface area contributed by atoms with Crippen LogP contribution < -0.4 is 4.74 Å². The number of nitrogens with zero attached hydrogens (tertiary/aromatic N) is 1. The molecule has 0 aliphatic heterocycles. The molecule has 82 valence electrons. The maximum absolute atomic E-state index is 10.2. The molecule has 0 saturated carbocycles. The summed E-state index contributed by atoms with van der Waals surface area (Å²) in [6.07, 6.45) is 0. The van der Waals surface area contributed by atoms with Crippen LogP contribution in [0.1, 0.15) is 13.8 Å². The lowest BCUT2D eigenvalue weighted by Gasteiger charge is -1.97. The Morgan fingerprint density at radius 1 is 1.33 bits per heavy atom. The number of ether oxygens (including phenoxy) is 1. The summed E-state index contributed by atoms with van der Waals surface area (Å²) >= 11 is 4.92. The first kappa shape index (κ1) is 13.4. The minimum atomic E-state index is -0.978. The molecule has 0 N–H and O–H groups in total. The van der Waals surface area contributed by atoms with Crippen LogP contribution in [0.4, 0.5) is 10.5 Å². The number of non-ortho nitro benzene ring substituents is 1. The minimum Gasteiger partial charge on any atom is -0.414 e. The Bertz CT molecular complexity index is 336. The van der Waals surface area contributed by atoms with Crippen LogP contribution in [0.15, 0.2) is 24.3 Å². The van der Waals surface area contributed by atoms with E-state index in [4.69, 9.17) is 11.6 Å². The summed E-state index contributed by atoms with van der Waals surface area (Å²) in [6, 6.07) is 5.02. The van der Waals surface area contributed by atoms with E-state index in [1.807, 2.05) is 13.8 Å². The molecule has 0 amide bonds. The first-order valence-electron chi connectivity index (χ1n) is 4.21. The fourth-order valence-electron chi connectivity index (χ4n) is 0.729. The van der Waals surface area contributed by atoms with E-state index in [2.05, 4.69) is 4.74 Å². The average molecular weight is 232 g/mol. The van der Waals surface area contributed by atoms with E-state index < -0.39 is 10.4 Å². The summed E-state index contributed by atoms with van der Waals surface area (Å²) in [5.74, 6) is 0.172. The number of nitro groups is 1. The predicted octanol–water partition coefficient (Wildman–Crippen LogP) is 3.36. The van der Waals surface area contributed by atoms with Crippen molar-refractivity contribution in [3.63, 3.8) is 0 Å². The van der Waals surface area contributed by atoms with Crippen molar-refractivity contribution < 1.29 is 14.5 Å². The highest BCUT2D eigenvalue weighted by Crippen LogP contribution is 2.17. The second kappa shape index (κ2) is 6.78. The van der Waals surface area contributed by atoms with Gasteiger partial charge in [-0.3, -0.25) is 10.1 Å². The highest BCUT2D eigenvalue weighted by atomic mass is 35.5. The second-order valence-electron chi connectivity index (χ2n) is 2.09. The van der Waals surface area contributed by atoms with Crippen molar-refractivity contribution in [3.8, 4) is 5.75 Å². The summed E-state index contributed by atoms with van der Waals surface area (Å²) in [7, 11) is 0. The van der Waals surface area contributed by atoms with Crippen molar-refractivity contribution >= 4 is 22.7 Å². The Morgan fingerprint density at radius 3 is 2.13 bits per heavy atom. The number of nitro benzene ring substituents is 1. The molecule has 5 nitrogen and oxygen atoms in total. The van der Waals surface area contributed by atoms with Crippen molar-refractivity contribution in [3.05, 3.63) is 34.4 Å². The number of halogens is 1. The minimum absolute atomic E-state index is 0.0747. The summed E-state index contributed by atoms with van der Waals surface area (Å²) in [5, 5.41) is 10.2. The van der Waals surface area contributed by atoms with Crippen LogP contribution in [0.5, 0.6) is 5.75 Å². The largest absolute Gasteiger partial charge is 0.414 e. The fraction of sp³-hybridized carbons (Fsp3) is 0.222. The lowest BCUT2D eigenvalue weighted by molar-refractivity contribution is -0.384. The van der Waals surface area contributed by atoms with Gasteiger partial charge in [-0.05, 0) is 12.1 Å². The first-order valence-corrected chi connectivity index (χ1v) is 4.59. The highest BCUT2D eigenvalue weighted by Gasteiger charge is 2.05. The number of hydrogen-bond donors (Lipinski definition) is 0. The molecular weight excluding hydrogens is 222 g/mol. The van der Waals surface area contributed by atoms with Crippen LogP contribution >= 0.6 is 11.6 Å². The zero-order valence-corrected chi connectivity index (χ0v) is 9.02. The van der Waals surface area contributed by atoms with E-state index in [1.54, 1.807) is 0 Å². The third-order valence-electron chi connectivity index (χ3n) is 1.25. The van der Waals surface area contributed by atoms with E-state index in [0.29, 0.717) is 0 Å². The van der Waals surface area contributed by atoms with Gasteiger partial charge in [0, 0.05) is 23.7 Å². The topological polar surface area (TPSA) is 69.4 Å². The Labute approximate surface area is 91.8 Å². The SMILES string of the molecule is CC.O=C(Cl)Oc1ccc([N+](=O)[O-])cc1. The standard InChI is InChI=1S/C7H4ClNO4.C2H6/c8-7(10)13-6-3-1-5(2-4-6)9(11)12;1-2/h1-4H;1-2H3. The third kappa shape index (κ3) is 4.97.